The van der Waals surface area contributed by atoms with Gasteiger partial charge in [0, 0.05) is 42.6 Å². The monoisotopic (exact) mass is 384 g/mol. The van der Waals surface area contributed by atoms with E-state index in [1.165, 1.54) is 16.5 Å². The molecule has 0 aliphatic carbocycles. The van der Waals surface area contributed by atoms with Gasteiger partial charge in [-0.15, -0.1) is 0 Å². The summed E-state index contributed by atoms with van der Waals surface area (Å²) in [6, 6.07) is 20.3. The van der Waals surface area contributed by atoms with Crippen molar-refractivity contribution in [2.45, 2.75) is 12.8 Å². The number of H-pyrrole nitrogens is 1. The molecule has 0 radical (unpaired) electrons. The smallest absolute Gasteiger partial charge is 0.252 e. The summed E-state index contributed by atoms with van der Waals surface area (Å²) in [5, 5.41) is 7.53. The van der Waals surface area contributed by atoms with E-state index in [1.54, 1.807) is 12.4 Å². The summed E-state index contributed by atoms with van der Waals surface area (Å²) in [7, 11) is 0. The molecule has 4 rings (SSSR count). The highest BCUT2D eigenvalue weighted by Gasteiger charge is 2.08. The standard InChI is InChI=1S/C24H24N4O/c29-24(27-13-11-19-16-28-23-9-5-4-8-22(19)23)20-14-21(17-25-15-20)26-12-10-18-6-2-1-3-7-18/h1-9,14-17,26,28H,10-13H2,(H,27,29). The molecular formula is C24H24N4O. The molecule has 29 heavy (non-hydrogen) atoms. The number of carbonyl (C=O) groups is 1. The maximum absolute atomic E-state index is 12.5. The van der Waals surface area contributed by atoms with Crippen LogP contribution in [0.3, 0.4) is 0 Å². The van der Waals surface area contributed by atoms with Crippen molar-refractivity contribution in [2.75, 3.05) is 18.4 Å². The van der Waals surface area contributed by atoms with Gasteiger partial charge in [-0.3, -0.25) is 9.78 Å². The number of benzene rings is 2. The van der Waals surface area contributed by atoms with Crippen molar-refractivity contribution in [1.29, 1.82) is 0 Å². The second-order valence-electron chi connectivity index (χ2n) is 6.99. The van der Waals surface area contributed by atoms with Crippen molar-refractivity contribution in [3.63, 3.8) is 0 Å². The Kier molecular flexibility index (Phi) is 5.86. The lowest BCUT2D eigenvalue weighted by atomic mass is 10.1. The van der Waals surface area contributed by atoms with E-state index in [9.17, 15) is 4.79 Å². The molecular weight excluding hydrogens is 360 g/mol. The third kappa shape index (κ3) is 4.82. The molecule has 146 valence electrons. The molecule has 2 aromatic heterocycles. The minimum absolute atomic E-state index is 0.107. The molecule has 5 heteroatoms. The summed E-state index contributed by atoms with van der Waals surface area (Å²) in [5.41, 5.74) is 5.01. The predicted molar refractivity (Wildman–Crippen MR) is 117 cm³/mol. The summed E-state index contributed by atoms with van der Waals surface area (Å²) >= 11 is 0. The Hall–Kier alpha value is -3.60. The fraction of sp³-hybridized carbons (Fsp3) is 0.167. The molecule has 0 atom stereocenters. The lowest BCUT2D eigenvalue weighted by molar-refractivity contribution is 0.0954. The second-order valence-corrected chi connectivity index (χ2v) is 6.99. The quantitative estimate of drug-likeness (QED) is 0.427. The number of amides is 1. The van der Waals surface area contributed by atoms with Crippen LogP contribution in [0.4, 0.5) is 5.69 Å². The molecule has 3 N–H and O–H groups in total. The van der Waals surface area contributed by atoms with Gasteiger partial charge in [-0.2, -0.15) is 0 Å². The number of nitrogens with one attached hydrogen (secondary N) is 3. The fourth-order valence-electron chi connectivity index (χ4n) is 3.41. The predicted octanol–water partition coefficient (Wildman–Crippen LogP) is 4.19. The van der Waals surface area contributed by atoms with E-state index in [1.807, 2.05) is 42.6 Å². The van der Waals surface area contributed by atoms with Crippen molar-refractivity contribution in [3.8, 4) is 0 Å². The first-order chi connectivity index (χ1) is 14.3. The number of para-hydroxylation sites is 1. The third-order valence-corrected chi connectivity index (χ3v) is 4.94. The Morgan fingerprint density at radius 2 is 1.76 bits per heavy atom. The zero-order chi connectivity index (χ0) is 19.9. The average Bonchev–Trinajstić information content (AvgIpc) is 3.18. The topological polar surface area (TPSA) is 69.8 Å². The number of aromatic nitrogens is 2. The molecule has 1 amide bonds. The zero-order valence-corrected chi connectivity index (χ0v) is 16.2. The lowest BCUT2D eigenvalue weighted by Gasteiger charge is -2.09. The summed E-state index contributed by atoms with van der Waals surface area (Å²) in [6.07, 6.45) is 7.05. The van der Waals surface area contributed by atoms with Crippen molar-refractivity contribution in [3.05, 3.63) is 95.9 Å². The first-order valence-corrected chi connectivity index (χ1v) is 9.85. The highest BCUT2D eigenvalue weighted by Crippen LogP contribution is 2.17. The number of hydrogen-bond donors (Lipinski definition) is 3. The van der Waals surface area contributed by atoms with Gasteiger partial charge in [0.1, 0.15) is 0 Å². The van der Waals surface area contributed by atoms with E-state index >= 15 is 0 Å². The van der Waals surface area contributed by atoms with Gasteiger partial charge in [0.25, 0.3) is 5.91 Å². The largest absolute Gasteiger partial charge is 0.383 e. The first-order valence-electron chi connectivity index (χ1n) is 9.85. The van der Waals surface area contributed by atoms with Gasteiger partial charge in [0.05, 0.1) is 11.3 Å². The molecule has 4 aromatic rings. The molecule has 0 aliphatic heterocycles. The van der Waals surface area contributed by atoms with Gasteiger partial charge in [-0.1, -0.05) is 48.5 Å². The van der Waals surface area contributed by atoms with Crippen LogP contribution in [0.1, 0.15) is 21.5 Å². The van der Waals surface area contributed by atoms with Crippen LogP contribution in [0.5, 0.6) is 0 Å². The molecule has 2 heterocycles. The van der Waals surface area contributed by atoms with Gasteiger partial charge in [-0.25, -0.2) is 0 Å². The molecule has 0 bridgehead atoms. The number of rotatable bonds is 8. The van der Waals surface area contributed by atoms with Crippen LogP contribution < -0.4 is 10.6 Å². The van der Waals surface area contributed by atoms with Crippen LogP contribution in [0.2, 0.25) is 0 Å². The summed E-state index contributed by atoms with van der Waals surface area (Å²) in [4.78, 5) is 20.0. The Labute approximate surface area is 170 Å². The zero-order valence-electron chi connectivity index (χ0n) is 16.2. The third-order valence-electron chi connectivity index (χ3n) is 4.94. The fourth-order valence-corrected chi connectivity index (χ4v) is 3.41. The van der Waals surface area contributed by atoms with Crippen molar-refractivity contribution >= 4 is 22.5 Å². The van der Waals surface area contributed by atoms with Crippen LogP contribution in [-0.2, 0) is 12.8 Å². The number of pyridine rings is 1. The van der Waals surface area contributed by atoms with E-state index in [4.69, 9.17) is 0 Å². The number of fused-ring (bicyclic) bond motifs is 1. The van der Waals surface area contributed by atoms with Gasteiger partial charge in [-0.05, 0) is 36.1 Å². The van der Waals surface area contributed by atoms with E-state index in [0.717, 1.165) is 30.6 Å². The molecule has 0 spiro atoms. The van der Waals surface area contributed by atoms with Gasteiger partial charge in [0.2, 0.25) is 0 Å². The second kappa shape index (κ2) is 9.06. The van der Waals surface area contributed by atoms with Gasteiger partial charge < -0.3 is 15.6 Å². The minimum Gasteiger partial charge on any atom is -0.383 e. The first kappa shape index (κ1) is 18.7. The maximum Gasteiger partial charge on any atom is 0.252 e. The van der Waals surface area contributed by atoms with Gasteiger partial charge >= 0.3 is 0 Å². The van der Waals surface area contributed by atoms with Gasteiger partial charge in [0.15, 0.2) is 0 Å². The Morgan fingerprint density at radius 3 is 2.66 bits per heavy atom. The molecule has 5 nitrogen and oxygen atoms in total. The number of aromatic amines is 1. The van der Waals surface area contributed by atoms with Crippen LogP contribution in [-0.4, -0.2) is 29.0 Å². The molecule has 0 aliphatic rings. The number of anilines is 1. The van der Waals surface area contributed by atoms with Crippen molar-refractivity contribution < 1.29 is 4.79 Å². The number of hydrogen-bond acceptors (Lipinski definition) is 3. The molecule has 0 saturated carbocycles. The van der Waals surface area contributed by atoms with Crippen molar-refractivity contribution in [1.82, 2.24) is 15.3 Å². The SMILES string of the molecule is O=C(NCCc1c[nH]c2ccccc12)c1cncc(NCCc2ccccc2)c1. The molecule has 2 aromatic carbocycles. The highest BCUT2D eigenvalue weighted by atomic mass is 16.1. The van der Waals surface area contributed by atoms with E-state index in [0.29, 0.717) is 12.1 Å². The van der Waals surface area contributed by atoms with Crippen LogP contribution in [0.25, 0.3) is 10.9 Å². The lowest BCUT2D eigenvalue weighted by Crippen LogP contribution is -2.25. The summed E-state index contributed by atoms with van der Waals surface area (Å²) in [6.45, 7) is 1.36. The molecule has 0 fully saturated rings. The number of carbonyl (C=O) groups excluding carboxylic acids is 1. The van der Waals surface area contributed by atoms with Crippen LogP contribution in [0, 0.1) is 0 Å². The van der Waals surface area contributed by atoms with E-state index in [2.05, 4.69) is 44.9 Å². The normalized spacial score (nSPS) is 10.8. The van der Waals surface area contributed by atoms with E-state index < -0.39 is 0 Å². The Balaban J connectivity index is 1.29. The Morgan fingerprint density at radius 1 is 0.931 bits per heavy atom. The van der Waals surface area contributed by atoms with Crippen LogP contribution >= 0.6 is 0 Å². The average molecular weight is 384 g/mol. The molecule has 0 saturated heterocycles. The summed E-state index contributed by atoms with van der Waals surface area (Å²) < 4.78 is 0. The Bertz CT molecular complexity index is 1090. The highest BCUT2D eigenvalue weighted by molar-refractivity contribution is 5.94. The van der Waals surface area contributed by atoms with E-state index in [-0.39, 0.29) is 5.91 Å². The number of nitrogens with zero attached hydrogens (tertiary/aromatic N) is 1. The minimum atomic E-state index is -0.107. The van der Waals surface area contributed by atoms with Crippen LogP contribution in [0.15, 0.2) is 79.3 Å². The maximum atomic E-state index is 12.5. The molecule has 0 unspecified atom stereocenters. The van der Waals surface area contributed by atoms with Crippen molar-refractivity contribution in [2.24, 2.45) is 0 Å². The summed E-state index contributed by atoms with van der Waals surface area (Å²) in [5.74, 6) is -0.107.